The number of rotatable bonds is 6. The summed E-state index contributed by atoms with van der Waals surface area (Å²) in [6, 6.07) is 13.1. The van der Waals surface area contributed by atoms with Crippen molar-refractivity contribution in [3.05, 3.63) is 54.1 Å². The fourth-order valence-corrected chi connectivity index (χ4v) is 3.09. The first-order valence-corrected chi connectivity index (χ1v) is 9.59. The molecule has 0 saturated heterocycles. The molecule has 0 unspecified atom stereocenters. The van der Waals surface area contributed by atoms with E-state index in [0.29, 0.717) is 22.6 Å². The largest absolute Gasteiger partial charge is 0.326 e. The smallest absolute Gasteiger partial charge is 0.255 e. The topological polar surface area (TPSA) is 95.6 Å². The number of nitrogens with one attached hydrogen (secondary N) is 2. The number of anilines is 3. The van der Waals surface area contributed by atoms with Crippen LogP contribution < -0.4 is 14.9 Å². The number of hydrogen-bond acceptors (Lipinski definition) is 4. The molecule has 0 saturated carbocycles. The minimum absolute atomic E-state index is 0.00359. The molecule has 0 aliphatic heterocycles. The second kappa shape index (κ2) is 8.01. The van der Waals surface area contributed by atoms with E-state index >= 15 is 0 Å². The van der Waals surface area contributed by atoms with Gasteiger partial charge < -0.3 is 10.6 Å². The minimum atomic E-state index is -3.35. The normalized spacial score (nSPS) is 10.9. The van der Waals surface area contributed by atoms with Gasteiger partial charge in [-0.05, 0) is 49.4 Å². The SMILES string of the molecule is CCS(=O)(=O)N(C)c1ccc(C(=O)Nc2cccc(NC(C)=O)c2)cc1. The summed E-state index contributed by atoms with van der Waals surface area (Å²) in [5, 5.41) is 5.38. The second-order valence-corrected chi connectivity index (χ2v) is 7.92. The van der Waals surface area contributed by atoms with Gasteiger partial charge in [0.05, 0.1) is 11.4 Å². The van der Waals surface area contributed by atoms with Gasteiger partial charge in [0.2, 0.25) is 15.9 Å². The molecule has 8 heteroatoms. The zero-order valence-corrected chi connectivity index (χ0v) is 15.6. The van der Waals surface area contributed by atoms with E-state index in [-0.39, 0.29) is 17.6 Å². The van der Waals surface area contributed by atoms with Crippen molar-refractivity contribution in [2.75, 3.05) is 27.7 Å². The van der Waals surface area contributed by atoms with Crippen molar-refractivity contribution in [2.24, 2.45) is 0 Å². The third-order valence-corrected chi connectivity index (χ3v) is 5.49. The number of carbonyl (C=O) groups is 2. The van der Waals surface area contributed by atoms with Crippen LogP contribution in [-0.4, -0.2) is 33.0 Å². The zero-order valence-electron chi connectivity index (χ0n) is 14.8. The predicted octanol–water partition coefficient (Wildman–Crippen LogP) is 2.68. The summed E-state index contributed by atoms with van der Waals surface area (Å²) in [6.07, 6.45) is 0. The van der Waals surface area contributed by atoms with Crippen LogP contribution in [0.4, 0.5) is 17.1 Å². The molecule has 138 valence electrons. The first-order valence-electron chi connectivity index (χ1n) is 7.98. The molecule has 0 aliphatic rings. The highest BCUT2D eigenvalue weighted by atomic mass is 32.2. The molecule has 0 atom stereocenters. The summed E-state index contributed by atoms with van der Waals surface area (Å²) in [5.74, 6) is -0.538. The van der Waals surface area contributed by atoms with Gasteiger partial charge in [-0.1, -0.05) is 6.07 Å². The van der Waals surface area contributed by atoms with E-state index in [2.05, 4.69) is 10.6 Å². The van der Waals surface area contributed by atoms with E-state index in [1.165, 1.54) is 18.3 Å². The van der Waals surface area contributed by atoms with E-state index < -0.39 is 10.0 Å². The summed E-state index contributed by atoms with van der Waals surface area (Å²) in [4.78, 5) is 23.5. The van der Waals surface area contributed by atoms with Gasteiger partial charge >= 0.3 is 0 Å². The fourth-order valence-electron chi connectivity index (χ4n) is 2.26. The Morgan fingerprint density at radius 1 is 1.00 bits per heavy atom. The molecular formula is C18H21N3O4S. The molecule has 0 fully saturated rings. The lowest BCUT2D eigenvalue weighted by molar-refractivity contribution is -0.114. The first-order chi connectivity index (χ1) is 12.2. The van der Waals surface area contributed by atoms with Crippen LogP contribution in [0.3, 0.4) is 0 Å². The Balaban J connectivity index is 2.12. The Labute approximate surface area is 153 Å². The summed E-state index contributed by atoms with van der Waals surface area (Å²) >= 11 is 0. The number of hydrogen-bond donors (Lipinski definition) is 2. The zero-order chi connectivity index (χ0) is 19.3. The molecule has 0 aliphatic carbocycles. The van der Waals surface area contributed by atoms with Crippen molar-refractivity contribution in [3.8, 4) is 0 Å². The fraction of sp³-hybridized carbons (Fsp3) is 0.222. The molecule has 2 amide bonds. The Morgan fingerprint density at radius 3 is 2.12 bits per heavy atom. The third kappa shape index (κ3) is 4.82. The molecule has 0 heterocycles. The molecular weight excluding hydrogens is 354 g/mol. The van der Waals surface area contributed by atoms with Crippen LogP contribution in [-0.2, 0) is 14.8 Å². The van der Waals surface area contributed by atoms with Crippen LogP contribution in [0.1, 0.15) is 24.2 Å². The summed E-state index contributed by atoms with van der Waals surface area (Å²) in [6.45, 7) is 2.98. The Bertz CT molecular complexity index is 908. The van der Waals surface area contributed by atoms with E-state index in [1.54, 1.807) is 55.5 Å². The van der Waals surface area contributed by atoms with Gasteiger partial charge in [-0.3, -0.25) is 13.9 Å². The molecule has 0 spiro atoms. The van der Waals surface area contributed by atoms with E-state index in [1.807, 2.05) is 0 Å². The van der Waals surface area contributed by atoms with Crippen molar-refractivity contribution in [2.45, 2.75) is 13.8 Å². The minimum Gasteiger partial charge on any atom is -0.326 e. The maximum absolute atomic E-state index is 12.4. The van der Waals surface area contributed by atoms with Crippen molar-refractivity contribution in [3.63, 3.8) is 0 Å². The lowest BCUT2D eigenvalue weighted by Gasteiger charge is -2.18. The highest BCUT2D eigenvalue weighted by Crippen LogP contribution is 2.19. The van der Waals surface area contributed by atoms with Gasteiger partial charge in [-0.25, -0.2) is 8.42 Å². The summed E-state index contributed by atoms with van der Waals surface area (Å²) in [7, 11) is -1.88. The highest BCUT2D eigenvalue weighted by Gasteiger charge is 2.16. The molecule has 0 bridgehead atoms. The van der Waals surface area contributed by atoms with Crippen LogP contribution >= 0.6 is 0 Å². The summed E-state index contributed by atoms with van der Waals surface area (Å²) in [5.41, 5.74) is 1.99. The van der Waals surface area contributed by atoms with Gasteiger partial charge in [-0.2, -0.15) is 0 Å². The van der Waals surface area contributed by atoms with Crippen LogP contribution in [0.25, 0.3) is 0 Å². The second-order valence-electron chi connectivity index (χ2n) is 5.63. The van der Waals surface area contributed by atoms with Crippen molar-refractivity contribution in [1.29, 1.82) is 0 Å². The molecule has 0 aromatic heterocycles. The van der Waals surface area contributed by atoms with Gasteiger partial charge in [0.15, 0.2) is 0 Å². The summed E-state index contributed by atoms with van der Waals surface area (Å²) < 4.78 is 25.0. The number of benzene rings is 2. The lowest BCUT2D eigenvalue weighted by atomic mass is 10.2. The lowest BCUT2D eigenvalue weighted by Crippen LogP contribution is -2.28. The quantitative estimate of drug-likeness (QED) is 0.811. The maximum atomic E-state index is 12.4. The van der Waals surface area contributed by atoms with Crippen molar-refractivity contribution < 1.29 is 18.0 Å². The highest BCUT2D eigenvalue weighted by molar-refractivity contribution is 7.92. The number of nitrogens with zero attached hydrogens (tertiary/aromatic N) is 1. The van der Waals surface area contributed by atoms with Gasteiger partial charge in [0.25, 0.3) is 5.91 Å². The van der Waals surface area contributed by atoms with Crippen molar-refractivity contribution >= 4 is 38.9 Å². The van der Waals surface area contributed by atoms with E-state index in [4.69, 9.17) is 0 Å². The van der Waals surface area contributed by atoms with Crippen LogP contribution in [0.5, 0.6) is 0 Å². The monoisotopic (exact) mass is 375 g/mol. The Morgan fingerprint density at radius 2 is 1.58 bits per heavy atom. The number of amides is 2. The number of sulfonamides is 1. The van der Waals surface area contributed by atoms with Crippen LogP contribution in [0, 0.1) is 0 Å². The first kappa shape index (κ1) is 19.5. The average Bonchev–Trinajstić information content (AvgIpc) is 2.61. The molecule has 2 rings (SSSR count). The molecule has 2 N–H and O–H groups in total. The third-order valence-electron chi connectivity index (χ3n) is 3.72. The molecule has 2 aromatic carbocycles. The molecule has 7 nitrogen and oxygen atoms in total. The van der Waals surface area contributed by atoms with Crippen LogP contribution in [0.15, 0.2) is 48.5 Å². The van der Waals surface area contributed by atoms with E-state index in [9.17, 15) is 18.0 Å². The molecule has 0 radical (unpaired) electrons. The Hall–Kier alpha value is -2.87. The molecule has 2 aromatic rings. The predicted molar refractivity (Wildman–Crippen MR) is 103 cm³/mol. The van der Waals surface area contributed by atoms with Gasteiger partial charge in [0.1, 0.15) is 0 Å². The Kier molecular flexibility index (Phi) is 5.99. The average molecular weight is 375 g/mol. The van der Waals surface area contributed by atoms with Gasteiger partial charge in [0, 0.05) is 30.9 Å². The molecule has 26 heavy (non-hydrogen) atoms. The van der Waals surface area contributed by atoms with Gasteiger partial charge in [-0.15, -0.1) is 0 Å². The van der Waals surface area contributed by atoms with Crippen LogP contribution in [0.2, 0.25) is 0 Å². The van der Waals surface area contributed by atoms with E-state index in [0.717, 1.165) is 0 Å². The maximum Gasteiger partial charge on any atom is 0.255 e. The standard InChI is InChI=1S/C18H21N3O4S/c1-4-26(24,25)21(3)17-10-8-14(9-11-17)18(23)20-16-7-5-6-15(12-16)19-13(2)22/h5-12H,4H2,1-3H3,(H,19,22)(H,20,23). The van der Waals surface area contributed by atoms with Crippen molar-refractivity contribution in [1.82, 2.24) is 0 Å². The number of carbonyl (C=O) groups excluding carboxylic acids is 2.